The summed E-state index contributed by atoms with van der Waals surface area (Å²) in [5, 5.41) is 43.6. The molecule has 50 heavy (non-hydrogen) atoms. The van der Waals surface area contributed by atoms with E-state index in [4.69, 9.17) is 34.7 Å². The van der Waals surface area contributed by atoms with E-state index in [1.807, 2.05) is 0 Å². The number of phenols is 2. The van der Waals surface area contributed by atoms with E-state index >= 15 is 0 Å². The van der Waals surface area contributed by atoms with Crippen molar-refractivity contribution in [3.63, 3.8) is 0 Å². The molecule has 5 aromatic rings. The Morgan fingerprint density at radius 1 is 0.620 bits per heavy atom. The molecule has 16 nitrogen and oxygen atoms in total. The van der Waals surface area contributed by atoms with Crippen LogP contribution < -0.4 is 70.6 Å². The first kappa shape index (κ1) is 41.2. The minimum atomic E-state index is -5.38. The van der Waals surface area contributed by atoms with Gasteiger partial charge in [-0.05, 0) is 72.1 Å². The second-order valence-corrected chi connectivity index (χ2v) is 13.2. The zero-order chi connectivity index (χ0) is 35.0. The Morgan fingerprint density at radius 3 is 1.70 bits per heavy atom. The number of fused-ring (bicyclic) bond motifs is 1. The van der Waals surface area contributed by atoms with Gasteiger partial charge < -0.3 is 30.8 Å². The quantitative estimate of drug-likeness (QED) is 0.0767. The van der Waals surface area contributed by atoms with Crippen molar-refractivity contribution in [2.45, 2.75) is 9.79 Å². The number of nitrogens with two attached hydrogens (primary N) is 2. The summed E-state index contributed by atoms with van der Waals surface area (Å²) in [7, 11) is -10.7. The van der Waals surface area contributed by atoms with Gasteiger partial charge in [0.1, 0.15) is 48.7 Å². The van der Waals surface area contributed by atoms with Gasteiger partial charge in [-0.25, -0.2) is 16.8 Å². The average molecular weight is 776 g/mol. The zero-order valence-corrected chi connectivity index (χ0v) is 32.8. The number of nitrogens with zero attached hydrogens (tertiary/aromatic N) is 6. The molecule has 0 saturated carbocycles. The summed E-state index contributed by atoms with van der Waals surface area (Å²) in [6.07, 6.45) is 0. The van der Waals surface area contributed by atoms with Crippen molar-refractivity contribution < 1.29 is 95.3 Å². The second kappa shape index (κ2) is 16.4. The standard InChI is InChI=1S/C28H20Cl2N8O8S2.2Na/c29-14-1-7-18(30)20(11-14)36-38-27-23(48(44,45)46)10-13-9-22(47(41,42)43)26(25(32)24(13)28(27)40)37-34-17-5-3-16(4-6-17)33-35-19-8-2-15(31)12-21(19)39;;/h1-12,39-40H,31-32H2,(H,41,42,43)(H,44,45,46);;/q;2*+1/p-2. The van der Waals surface area contributed by atoms with Crippen molar-refractivity contribution in [2.75, 3.05) is 11.5 Å². The second-order valence-electron chi connectivity index (χ2n) is 9.68. The van der Waals surface area contributed by atoms with E-state index in [-0.39, 0.29) is 92.0 Å². The first-order chi connectivity index (χ1) is 22.5. The summed E-state index contributed by atoms with van der Waals surface area (Å²) in [4.78, 5) is -2.14. The van der Waals surface area contributed by atoms with E-state index in [0.717, 1.165) is 0 Å². The van der Waals surface area contributed by atoms with Gasteiger partial charge >= 0.3 is 59.1 Å². The van der Waals surface area contributed by atoms with E-state index < -0.39 is 63.6 Å². The summed E-state index contributed by atoms with van der Waals surface area (Å²) in [6, 6.07) is 15.5. The third kappa shape index (κ3) is 9.35. The molecular weight excluding hydrogens is 757 g/mol. The normalized spacial score (nSPS) is 12.1. The number of halogens is 2. The van der Waals surface area contributed by atoms with Gasteiger partial charge in [-0.3, -0.25) is 0 Å². The number of benzene rings is 5. The Kier molecular flexibility index (Phi) is 13.5. The molecule has 0 amide bonds. The van der Waals surface area contributed by atoms with Gasteiger partial charge in [0, 0.05) is 16.8 Å². The van der Waals surface area contributed by atoms with E-state index in [1.54, 1.807) is 0 Å². The molecule has 0 aromatic heterocycles. The number of phenolic OH excluding ortho intramolecular Hbond substituents is 2. The van der Waals surface area contributed by atoms with Crippen LogP contribution in [0.1, 0.15) is 0 Å². The van der Waals surface area contributed by atoms with Gasteiger partial charge in [-0.15, -0.1) is 20.5 Å². The molecule has 0 radical (unpaired) electrons. The minimum Gasteiger partial charge on any atom is -0.744 e. The average Bonchev–Trinajstić information content (AvgIpc) is 3.00. The van der Waals surface area contributed by atoms with Crippen LogP contribution >= 0.6 is 23.2 Å². The monoisotopic (exact) mass is 774 g/mol. The Morgan fingerprint density at radius 2 is 1.14 bits per heavy atom. The fourth-order valence-corrected chi connectivity index (χ4v) is 5.81. The van der Waals surface area contributed by atoms with Crippen molar-refractivity contribution in [3.05, 3.63) is 82.8 Å². The maximum absolute atomic E-state index is 12.2. The first-order valence-corrected chi connectivity index (χ1v) is 16.5. The molecule has 0 bridgehead atoms. The molecule has 0 spiro atoms. The SMILES string of the molecule is Nc1ccc(N=Nc2ccc(N=Nc3c(S(=O)(=O)[O-])cc4cc(S(=O)(=O)[O-])c(N=Nc5cc(Cl)ccc5Cl)c(O)c4c3N)cc2)c(O)c1.[Na+].[Na+]. The van der Waals surface area contributed by atoms with E-state index in [9.17, 15) is 36.2 Å². The molecule has 22 heteroatoms. The fraction of sp³-hybridized carbons (Fsp3) is 0. The van der Waals surface area contributed by atoms with Crippen LogP contribution in [0.5, 0.6) is 11.5 Å². The summed E-state index contributed by atoms with van der Waals surface area (Å²) in [6.45, 7) is 0. The maximum atomic E-state index is 12.2. The van der Waals surface area contributed by atoms with Crippen molar-refractivity contribution in [2.24, 2.45) is 30.7 Å². The van der Waals surface area contributed by atoms with Gasteiger partial charge in [-0.2, -0.15) is 10.2 Å². The molecule has 0 saturated heterocycles. The maximum Gasteiger partial charge on any atom is 1.00 e. The molecule has 5 aromatic carbocycles. The minimum absolute atomic E-state index is 0. The summed E-state index contributed by atoms with van der Waals surface area (Å²) in [5.41, 5.74) is 10.5. The Balaban J connectivity index is 0.00000338. The summed E-state index contributed by atoms with van der Waals surface area (Å²) >= 11 is 12.0. The first-order valence-electron chi connectivity index (χ1n) is 13.0. The molecule has 5 rings (SSSR count). The van der Waals surface area contributed by atoms with Gasteiger partial charge in [0.2, 0.25) is 0 Å². The fourth-order valence-electron chi connectivity index (χ4n) is 4.19. The van der Waals surface area contributed by atoms with Crippen molar-refractivity contribution in [3.8, 4) is 11.5 Å². The van der Waals surface area contributed by atoms with Crippen LogP contribution in [-0.4, -0.2) is 36.2 Å². The third-order valence-electron chi connectivity index (χ3n) is 6.41. The Bertz CT molecular complexity index is 2440. The smallest absolute Gasteiger partial charge is 0.744 e. The molecule has 0 unspecified atom stereocenters. The molecule has 246 valence electrons. The molecule has 0 aliphatic carbocycles. The van der Waals surface area contributed by atoms with E-state index in [0.29, 0.717) is 23.5 Å². The number of aromatic hydroxyl groups is 2. The van der Waals surface area contributed by atoms with Gasteiger partial charge in [0.15, 0.2) is 5.75 Å². The van der Waals surface area contributed by atoms with Crippen LogP contribution in [0, 0.1) is 0 Å². The van der Waals surface area contributed by atoms with Crippen molar-refractivity contribution in [1.29, 1.82) is 0 Å². The zero-order valence-electron chi connectivity index (χ0n) is 25.7. The Labute approximate surface area is 338 Å². The van der Waals surface area contributed by atoms with Crippen molar-refractivity contribution >= 4 is 99.7 Å². The third-order valence-corrected chi connectivity index (χ3v) is 8.66. The van der Waals surface area contributed by atoms with Gasteiger partial charge in [0.05, 0.1) is 37.3 Å². The Hall–Kier alpha value is -3.24. The van der Waals surface area contributed by atoms with E-state index in [2.05, 4.69) is 30.7 Å². The van der Waals surface area contributed by atoms with Crippen molar-refractivity contribution in [1.82, 2.24) is 0 Å². The molecule has 0 aliphatic heterocycles. The molecule has 0 fully saturated rings. The molecule has 0 aliphatic rings. The topological polar surface area (TPSA) is 281 Å². The summed E-state index contributed by atoms with van der Waals surface area (Å²) in [5.74, 6) is -1.19. The van der Waals surface area contributed by atoms with Crippen LogP contribution in [0.15, 0.2) is 113 Å². The molecular formula is C28H18Cl2N8Na2O8S2. The number of hydrogen-bond acceptors (Lipinski definition) is 16. The predicted molar refractivity (Wildman–Crippen MR) is 174 cm³/mol. The van der Waals surface area contributed by atoms with Crippen LogP contribution in [0.3, 0.4) is 0 Å². The summed E-state index contributed by atoms with van der Waals surface area (Å²) < 4.78 is 73.1. The number of anilines is 2. The number of rotatable bonds is 8. The molecule has 0 heterocycles. The molecule has 6 N–H and O–H groups in total. The van der Waals surface area contributed by atoms with E-state index in [1.165, 1.54) is 60.7 Å². The predicted octanol–water partition coefficient (Wildman–Crippen LogP) is 1.78. The number of azo groups is 3. The number of nitrogen functional groups attached to an aromatic ring is 2. The largest absolute Gasteiger partial charge is 1.00 e. The number of hydrogen-bond donors (Lipinski definition) is 4. The molecule has 0 atom stereocenters. The van der Waals surface area contributed by atoms with Crippen LogP contribution in [0.4, 0.5) is 45.5 Å². The van der Waals surface area contributed by atoms with Gasteiger partial charge in [0.25, 0.3) is 0 Å². The van der Waals surface area contributed by atoms with Crippen LogP contribution in [0.2, 0.25) is 10.0 Å². The van der Waals surface area contributed by atoms with Gasteiger partial charge in [-0.1, -0.05) is 23.2 Å². The van der Waals surface area contributed by atoms with Crippen LogP contribution in [-0.2, 0) is 20.2 Å². The van der Waals surface area contributed by atoms with Crippen LogP contribution in [0.25, 0.3) is 10.8 Å².